The number of rotatable bonds is 5. The normalized spacial score (nSPS) is 20.5. The highest BCUT2D eigenvalue weighted by Gasteiger charge is 2.28. The van der Waals surface area contributed by atoms with E-state index < -0.39 is 0 Å². The van der Waals surface area contributed by atoms with Gasteiger partial charge in [0, 0.05) is 58.7 Å². The summed E-state index contributed by atoms with van der Waals surface area (Å²) in [5.74, 6) is 0.0852. The summed E-state index contributed by atoms with van der Waals surface area (Å²) in [5.41, 5.74) is 0.574. The molecule has 3 heterocycles. The van der Waals surface area contributed by atoms with E-state index in [0.717, 1.165) is 31.6 Å². The van der Waals surface area contributed by atoms with Crippen molar-refractivity contribution in [3.8, 4) is 0 Å². The molecule has 1 aromatic rings. The predicted molar refractivity (Wildman–Crippen MR) is 97.9 cm³/mol. The zero-order valence-corrected chi connectivity index (χ0v) is 15.6. The summed E-state index contributed by atoms with van der Waals surface area (Å²) in [4.78, 5) is 41.8. The quantitative estimate of drug-likeness (QED) is 0.747. The molecule has 1 aromatic heterocycles. The van der Waals surface area contributed by atoms with Gasteiger partial charge in [-0.2, -0.15) is 5.10 Å². The largest absolute Gasteiger partial charge is 0.370 e. The molecule has 1 atom stereocenters. The highest BCUT2D eigenvalue weighted by atomic mass is 16.2. The van der Waals surface area contributed by atoms with Crippen LogP contribution in [-0.2, 0) is 16.1 Å². The summed E-state index contributed by atoms with van der Waals surface area (Å²) in [6.07, 6.45) is 5.63. The van der Waals surface area contributed by atoms with Crippen molar-refractivity contribution in [2.24, 2.45) is 5.92 Å². The summed E-state index contributed by atoms with van der Waals surface area (Å²) >= 11 is 0. The van der Waals surface area contributed by atoms with Crippen LogP contribution in [0.25, 0.3) is 0 Å². The highest BCUT2D eigenvalue weighted by Crippen LogP contribution is 2.18. The van der Waals surface area contributed by atoms with Gasteiger partial charge in [0.1, 0.15) is 6.54 Å². The number of anilines is 1. The molecule has 8 heteroatoms. The summed E-state index contributed by atoms with van der Waals surface area (Å²) in [5, 5.41) is 4.18. The molecule has 2 aliphatic rings. The molecule has 2 aliphatic heterocycles. The Morgan fingerprint density at radius 1 is 1.27 bits per heavy atom. The van der Waals surface area contributed by atoms with Gasteiger partial charge >= 0.3 is 0 Å². The number of carbonyl (C=O) groups is 2. The molecule has 2 fully saturated rings. The molecule has 0 saturated carbocycles. The van der Waals surface area contributed by atoms with Crippen LogP contribution in [0.15, 0.2) is 17.1 Å². The van der Waals surface area contributed by atoms with Crippen molar-refractivity contribution in [2.75, 3.05) is 45.2 Å². The third kappa shape index (κ3) is 4.23. The van der Waals surface area contributed by atoms with Gasteiger partial charge in [-0.25, -0.2) is 4.68 Å². The summed E-state index contributed by atoms with van der Waals surface area (Å²) < 4.78 is 1.21. The molecule has 0 unspecified atom stereocenters. The minimum absolute atomic E-state index is 0.0773. The molecule has 3 rings (SSSR count). The number of aromatic nitrogens is 2. The first-order chi connectivity index (χ1) is 12.4. The predicted octanol–water partition coefficient (Wildman–Crippen LogP) is 0.170. The molecule has 8 nitrogen and oxygen atoms in total. The van der Waals surface area contributed by atoms with Crippen LogP contribution in [0.1, 0.15) is 25.7 Å². The van der Waals surface area contributed by atoms with Gasteiger partial charge in [0.2, 0.25) is 11.8 Å². The number of hydrogen-bond acceptors (Lipinski definition) is 5. The first-order valence-electron chi connectivity index (χ1n) is 9.24. The van der Waals surface area contributed by atoms with Gasteiger partial charge < -0.3 is 14.7 Å². The fraction of sp³-hybridized carbons (Fsp3) is 0.667. The van der Waals surface area contributed by atoms with E-state index in [4.69, 9.17) is 0 Å². The first-order valence-corrected chi connectivity index (χ1v) is 9.24. The Labute approximate surface area is 153 Å². The second kappa shape index (κ2) is 7.88. The van der Waals surface area contributed by atoms with Crippen LogP contribution < -0.4 is 10.5 Å². The highest BCUT2D eigenvalue weighted by molar-refractivity contribution is 5.79. The van der Waals surface area contributed by atoms with Crippen LogP contribution in [-0.4, -0.2) is 71.7 Å². The van der Waals surface area contributed by atoms with Crippen LogP contribution in [0.5, 0.6) is 0 Å². The zero-order chi connectivity index (χ0) is 18.7. The second-order valence-electron chi connectivity index (χ2n) is 7.38. The smallest absolute Gasteiger partial charge is 0.269 e. The molecular weight excluding hydrogens is 334 g/mol. The van der Waals surface area contributed by atoms with E-state index in [2.05, 4.69) is 10.00 Å². The lowest BCUT2D eigenvalue weighted by Crippen LogP contribution is -2.38. The molecule has 0 N–H and O–H groups in total. The molecular formula is C18H27N5O3. The van der Waals surface area contributed by atoms with E-state index in [0.29, 0.717) is 19.5 Å². The fourth-order valence-corrected chi connectivity index (χ4v) is 3.68. The number of likely N-dealkylation sites (N-methyl/N-ethyl adjacent to an activating group) is 1. The molecule has 2 amide bonds. The van der Waals surface area contributed by atoms with Gasteiger partial charge in [-0.05, 0) is 19.3 Å². The topological polar surface area (TPSA) is 78.8 Å². The van der Waals surface area contributed by atoms with Crippen molar-refractivity contribution in [2.45, 2.75) is 32.2 Å². The Balaban J connectivity index is 1.58. The molecule has 0 spiro atoms. The maximum absolute atomic E-state index is 12.4. The number of hydrogen-bond donors (Lipinski definition) is 0. The fourth-order valence-electron chi connectivity index (χ4n) is 3.68. The molecule has 142 valence electrons. The lowest BCUT2D eigenvalue weighted by atomic mass is 10.1. The van der Waals surface area contributed by atoms with E-state index in [9.17, 15) is 14.4 Å². The van der Waals surface area contributed by atoms with Crippen molar-refractivity contribution < 1.29 is 9.59 Å². The third-order valence-electron chi connectivity index (χ3n) is 5.24. The van der Waals surface area contributed by atoms with Crippen LogP contribution in [0.4, 0.5) is 5.69 Å². The van der Waals surface area contributed by atoms with E-state index in [1.165, 1.54) is 11.1 Å². The minimum Gasteiger partial charge on any atom is -0.370 e. The Morgan fingerprint density at radius 2 is 2.00 bits per heavy atom. The van der Waals surface area contributed by atoms with Crippen molar-refractivity contribution in [1.29, 1.82) is 0 Å². The monoisotopic (exact) mass is 361 g/mol. The Bertz CT molecular complexity index is 726. The van der Waals surface area contributed by atoms with Crippen LogP contribution in [0.3, 0.4) is 0 Å². The maximum Gasteiger partial charge on any atom is 0.269 e. The van der Waals surface area contributed by atoms with Gasteiger partial charge in [0.25, 0.3) is 5.56 Å². The summed E-state index contributed by atoms with van der Waals surface area (Å²) in [6.45, 7) is 2.99. The number of likely N-dealkylation sites (tertiary alicyclic amines) is 1. The molecule has 0 aliphatic carbocycles. The first kappa shape index (κ1) is 18.4. The van der Waals surface area contributed by atoms with Crippen molar-refractivity contribution in [1.82, 2.24) is 19.6 Å². The molecule has 2 saturated heterocycles. The Hall–Kier alpha value is -2.38. The number of amides is 2. The SMILES string of the molecule is CN1C[C@@H](CN(C)C(=O)Cn2ncc(N3CCCCC3)cc2=O)CC1=O. The van der Waals surface area contributed by atoms with Crippen LogP contribution in [0, 0.1) is 5.92 Å². The molecule has 26 heavy (non-hydrogen) atoms. The Morgan fingerprint density at radius 3 is 2.62 bits per heavy atom. The van der Waals surface area contributed by atoms with Gasteiger partial charge in [-0.1, -0.05) is 0 Å². The number of nitrogens with zero attached hydrogens (tertiary/aromatic N) is 5. The zero-order valence-electron chi connectivity index (χ0n) is 15.6. The van der Waals surface area contributed by atoms with Crippen LogP contribution in [0.2, 0.25) is 0 Å². The average Bonchev–Trinajstić information content (AvgIpc) is 2.94. The van der Waals surface area contributed by atoms with Gasteiger partial charge in [-0.3, -0.25) is 14.4 Å². The average molecular weight is 361 g/mol. The van der Waals surface area contributed by atoms with E-state index >= 15 is 0 Å². The van der Waals surface area contributed by atoms with E-state index in [1.807, 2.05) is 0 Å². The lowest BCUT2D eigenvalue weighted by molar-refractivity contribution is -0.131. The van der Waals surface area contributed by atoms with Gasteiger partial charge in [0.15, 0.2) is 0 Å². The number of piperidine rings is 1. The standard InChI is InChI=1S/C18H27N5O3/c1-20-11-14(8-16(20)24)12-21(2)18(26)13-23-17(25)9-15(10-19-23)22-6-4-3-5-7-22/h9-10,14H,3-8,11-13H2,1-2H3/t14-/m0/s1. The third-order valence-corrected chi connectivity index (χ3v) is 5.24. The molecule has 0 aromatic carbocycles. The van der Waals surface area contributed by atoms with Gasteiger partial charge in [0.05, 0.1) is 11.9 Å². The summed E-state index contributed by atoms with van der Waals surface area (Å²) in [7, 11) is 3.48. The lowest BCUT2D eigenvalue weighted by Gasteiger charge is -2.28. The minimum atomic E-state index is -0.259. The summed E-state index contributed by atoms with van der Waals surface area (Å²) in [6, 6.07) is 1.57. The Kier molecular flexibility index (Phi) is 5.58. The molecule has 0 radical (unpaired) electrons. The van der Waals surface area contributed by atoms with Crippen LogP contribution >= 0.6 is 0 Å². The maximum atomic E-state index is 12.4. The van der Waals surface area contributed by atoms with Gasteiger partial charge in [-0.15, -0.1) is 0 Å². The van der Waals surface area contributed by atoms with E-state index in [1.54, 1.807) is 36.2 Å². The van der Waals surface area contributed by atoms with Crippen molar-refractivity contribution >= 4 is 17.5 Å². The van der Waals surface area contributed by atoms with E-state index in [-0.39, 0.29) is 29.8 Å². The number of carbonyl (C=O) groups excluding carboxylic acids is 2. The second-order valence-corrected chi connectivity index (χ2v) is 7.38. The van der Waals surface area contributed by atoms with Crippen molar-refractivity contribution in [3.05, 3.63) is 22.6 Å². The van der Waals surface area contributed by atoms with Crippen molar-refractivity contribution in [3.63, 3.8) is 0 Å². The molecule has 0 bridgehead atoms.